The van der Waals surface area contributed by atoms with E-state index in [9.17, 15) is 10.0 Å². The number of hydrogen-bond donors (Lipinski definition) is 1. The molecule has 2 heterocycles. The minimum atomic E-state index is -0.531. The molecule has 0 radical (unpaired) electrons. The Kier molecular flexibility index (Phi) is 5.40. The van der Waals surface area contributed by atoms with Gasteiger partial charge in [0.15, 0.2) is 11.3 Å². The van der Waals surface area contributed by atoms with E-state index < -0.39 is 5.69 Å². The molecule has 0 spiro atoms. The van der Waals surface area contributed by atoms with Gasteiger partial charge in [0.25, 0.3) is 5.65 Å². The molecule has 0 saturated carbocycles. The Balaban J connectivity index is 2.08. The summed E-state index contributed by atoms with van der Waals surface area (Å²) in [6, 6.07) is 10.2. The summed E-state index contributed by atoms with van der Waals surface area (Å²) in [5.74, 6) is 0.869. The van der Waals surface area contributed by atoms with Crippen LogP contribution in [0.5, 0.6) is 0 Å². The molecule has 0 saturated heterocycles. The summed E-state index contributed by atoms with van der Waals surface area (Å²) in [5.41, 5.74) is 2.48. The van der Waals surface area contributed by atoms with Gasteiger partial charge in [0.05, 0.1) is 6.54 Å². The number of hydrogen-bond acceptors (Lipinski definition) is 3. The molecule has 0 unspecified atom stereocenters. The summed E-state index contributed by atoms with van der Waals surface area (Å²) in [4.78, 5) is 20.3. The molecule has 3 rings (SSSR count). The van der Waals surface area contributed by atoms with Crippen molar-refractivity contribution in [1.82, 2.24) is 14.5 Å². The lowest BCUT2D eigenvalue weighted by atomic mass is 10.0. The fourth-order valence-corrected chi connectivity index (χ4v) is 3.43. The van der Waals surface area contributed by atoms with Crippen LogP contribution >= 0.6 is 0 Å². The second-order valence-corrected chi connectivity index (χ2v) is 6.84. The van der Waals surface area contributed by atoms with E-state index in [4.69, 9.17) is 0 Å². The monoisotopic (exact) mass is 354 g/mol. The van der Waals surface area contributed by atoms with Crippen molar-refractivity contribution < 1.29 is 4.73 Å². The summed E-state index contributed by atoms with van der Waals surface area (Å²) in [7, 11) is 0. The van der Waals surface area contributed by atoms with Gasteiger partial charge in [-0.3, -0.25) is 0 Å². The third kappa shape index (κ3) is 3.36. The first kappa shape index (κ1) is 18.2. The van der Waals surface area contributed by atoms with Crippen LogP contribution in [0.25, 0.3) is 11.2 Å². The number of fused-ring (bicyclic) bond motifs is 1. The molecule has 1 N–H and O–H groups in total. The fourth-order valence-electron chi connectivity index (χ4n) is 3.43. The van der Waals surface area contributed by atoms with Gasteiger partial charge in [-0.05, 0) is 24.8 Å². The molecule has 0 aliphatic heterocycles. The molecular weight excluding hydrogens is 328 g/mol. The minimum absolute atomic E-state index is 0.119. The van der Waals surface area contributed by atoms with Gasteiger partial charge in [-0.1, -0.05) is 56.1 Å². The number of benzene rings is 1. The molecule has 6 nitrogen and oxygen atoms in total. The lowest BCUT2D eigenvalue weighted by Crippen LogP contribution is -2.51. The third-order valence-corrected chi connectivity index (χ3v) is 4.70. The maximum Gasteiger partial charge on any atom is 0.444 e. The Morgan fingerprint density at radius 2 is 1.96 bits per heavy atom. The average Bonchev–Trinajstić information content (AvgIpc) is 3.09. The predicted molar refractivity (Wildman–Crippen MR) is 102 cm³/mol. The van der Waals surface area contributed by atoms with Crippen LogP contribution in [0, 0.1) is 5.21 Å². The zero-order chi connectivity index (χ0) is 18.7. The van der Waals surface area contributed by atoms with Crippen molar-refractivity contribution in [2.24, 2.45) is 0 Å². The summed E-state index contributed by atoms with van der Waals surface area (Å²) >= 11 is 0. The minimum Gasteiger partial charge on any atom is -0.737 e. The average molecular weight is 354 g/mol. The lowest BCUT2D eigenvalue weighted by Gasteiger charge is -2.11. The van der Waals surface area contributed by atoms with E-state index in [0.29, 0.717) is 16.8 Å². The van der Waals surface area contributed by atoms with Gasteiger partial charge < -0.3 is 10.2 Å². The number of nitrogens with one attached hydrogen (secondary N) is 1. The second-order valence-electron chi connectivity index (χ2n) is 6.84. The Morgan fingerprint density at radius 3 is 2.62 bits per heavy atom. The van der Waals surface area contributed by atoms with Gasteiger partial charge in [-0.2, -0.15) is 0 Å². The highest BCUT2D eigenvalue weighted by Crippen LogP contribution is 2.22. The van der Waals surface area contributed by atoms with E-state index in [1.807, 2.05) is 25.1 Å². The lowest BCUT2D eigenvalue weighted by molar-refractivity contribution is -0.601. The maximum atomic E-state index is 12.5. The SMILES string of the molecule is CCCc1c2[nH]c([C@@H](C)Cc3ccccc3)nc2[n+]([O-])c(=O)n1CCC. The van der Waals surface area contributed by atoms with Crippen LogP contribution in [0.3, 0.4) is 0 Å². The van der Waals surface area contributed by atoms with E-state index in [1.54, 1.807) is 4.57 Å². The van der Waals surface area contributed by atoms with E-state index in [2.05, 4.69) is 35.9 Å². The Labute approximate surface area is 153 Å². The predicted octanol–water partition coefficient (Wildman–Crippen LogP) is 3.07. The number of nitrogens with zero attached hydrogens (tertiary/aromatic N) is 3. The Bertz CT molecular complexity index is 944. The van der Waals surface area contributed by atoms with E-state index in [0.717, 1.165) is 37.2 Å². The number of aryl methyl sites for hydroxylation is 1. The number of imidazole rings is 1. The van der Waals surface area contributed by atoms with Gasteiger partial charge in [-0.15, -0.1) is 0 Å². The maximum absolute atomic E-state index is 12.5. The van der Waals surface area contributed by atoms with E-state index in [-0.39, 0.29) is 11.6 Å². The Hall–Kier alpha value is -2.63. The molecular formula is C20H26N4O2. The molecule has 3 aromatic rings. The summed E-state index contributed by atoms with van der Waals surface area (Å²) in [6.45, 7) is 6.69. The third-order valence-electron chi connectivity index (χ3n) is 4.70. The number of aromatic amines is 1. The first-order valence-corrected chi connectivity index (χ1v) is 9.35. The van der Waals surface area contributed by atoms with E-state index in [1.165, 1.54) is 5.56 Å². The summed E-state index contributed by atoms with van der Waals surface area (Å²) < 4.78 is 2.03. The second kappa shape index (κ2) is 7.72. The highest BCUT2D eigenvalue weighted by atomic mass is 16.5. The van der Waals surface area contributed by atoms with Crippen LogP contribution < -0.4 is 10.4 Å². The van der Waals surface area contributed by atoms with Gasteiger partial charge in [0.1, 0.15) is 5.69 Å². The smallest absolute Gasteiger partial charge is 0.444 e. The molecule has 138 valence electrons. The molecule has 26 heavy (non-hydrogen) atoms. The number of rotatable bonds is 7. The first-order chi connectivity index (χ1) is 12.6. The summed E-state index contributed by atoms with van der Waals surface area (Å²) in [5, 5.41) is 12.5. The molecule has 6 heteroatoms. The van der Waals surface area contributed by atoms with Gasteiger partial charge >= 0.3 is 5.69 Å². The van der Waals surface area contributed by atoms with Crippen LogP contribution in [0.1, 0.15) is 56.6 Å². The van der Waals surface area contributed by atoms with Crippen molar-refractivity contribution in [2.75, 3.05) is 0 Å². The quantitative estimate of drug-likeness (QED) is 0.523. The summed E-state index contributed by atoms with van der Waals surface area (Å²) in [6.07, 6.45) is 3.26. The van der Waals surface area contributed by atoms with Crippen LogP contribution in [0.15, 0.2) is 35.1 Å². The molecule has 0 aliphatic carbocycles. The molecule has 0 bridgehead atoms. The highest BCUT2D eigenvalue weighted by Gasteiger charge is 2.24. The topological polar surface area (TPSA) is 77.6 Å². The normalized spacial score (nSPS) is 12.6. The van der Waals surface area contributed by atoms with Crippen molar-refractivity contribution in [1.29, 1.82) is 0 Å². The van der Waals surface area contributed by atoms with Gasteiger partial charge in [0.2, 0.25) is 0 Å². The van der Waals surface area contributed by atoms with Crippen molar-refractivity contribution in [3.05, 3.63) is 63.1 Å². The molecule has 0 fully saturated rings. The zero-order valence-corrected chi connectivity index (χ0v) is 15.7. The molecule has 2 aromatic heterocycles. The first-order valence-electron chi connectivity index (χ1n) is 9.35. The highest BCUT2D eigenvalue weighted by molar-refractivity contribution is 5.70. The molecule has 0 aliphatic rings. The molecule has 1 atom stereocenters. The largest absolute Gasteiger partial charge is 0.737 e. The van der Waals surface area contributed by atoms with Gasteiger partial charge in [0, 0.05) is 12.3 Å². The molecule has 0 amide bonds. The van der Waals surface area contributed by atoms with E-state index >= 15 is 0 Å². The standard InChI is InChI=1S/C20H26N4O2/c1-4-9-16-17-19(24(26)20(25)23(16)12-5-2)22-18(21-17)14(3)13-15-10-7-6-8-11-15/h6-8,10-11,14H,4-5,9,12-13H2,1-3H3,(H,21,22)/t14-/m0/s1. The number of aromatic nitrogens is 4. The van der Waals surface area contributed by atoms with Crippen LogP contribution in [0.4, 0.5) is 0 Å². The van der Waals surface area contributed by atoms with Crippen molar-refractivity contribution in [2.45, 2.75) is 58.9 Å². The van der Waals surface area contributed by atoms with Crippen molar-refractivity contribution in [3.63, 3.8) is 0 Å². The molecule has 1 aromatic carbocycles. The van der Waals surface area contributed by atoms with Crippen LogP contribution in [-0.2, 0) is 19.4 Å². The van der Waals surface area contributed by atoms with Gasteiger partial charge in [-0.25, -0.2) is 14.1 Å². The van der Waals surface area contributed by atoms with Crippen LogP contribution in [0.2, 0.25) is 0 Å². The van der Waals surface area contributed by atoms with Crippen molar-refractivity contribution in [3.8, 4) is 0 Å². The number of H-pyrrole nitrogens is 1. The fraction of sp³-hybridized carbons (Fsp3) is 0.450. The van der Waals surface area contributed by atoms with Crippen molar-refractivity contribution >= 4 is 11.2 Å². The zero-order valence-electron chi connectivity index (χ0n) is 15.7. The Morgan fingerprint density at radius 1 is 1.23 bits per heavy atom. The van der Waals surface area contributed by atoms with Crippen LogP contribution in [-0.4, -0.2) is 14.5 Å².